The first-order chi connectivity index (χ1) is 6.34. The Bertz CT molecular complexity index is 407. The summed E-state index contributed by atoms with van der Waals surface area (Å²) in [5.74, 6) is 0. The Morgan fingerprint density at radius 1 is 0.625 bits per heavy atom. The molecule has 0 unspecified atom stereocenters. The fourth-order valence-corrected chi connectivity index (χ4v) is 112. The van der Waals surface area contributed by atoms with Gasteiger partial charge in [0, 0.05) is 0 Å². The van der Waals surface area contributed by atoms with Gasteiger partial charge < -0.3 is 0 Å². The molecule has 0 amide bonds. The van der Waals surface area contributed by atoms with Gasteiger partial charge in [-0.15, -0.1) is 0 Å². The van der Waals surface area contributed by atoms with Crippen LogP contribution in [-0.4, -0.2) is 23.4 Å². The number of hydrogen-bond donors (Lipinski definition) is 1. The molecule has 0 aromatic carbocycles. The average molecular weight is 320 g/mol. The topological polar surface area (TPSA) is 54.4 Å². The molecule has 0 atom stereocenters. The third kappa shape index (κ3) is 1.34. The molecule has 0 aliphatic rings. The second-order valence-corrected chi connectivity index (χ2v) is 62.3. The van der Waals surface area contributed by atoms with Crippen LogP contribution >= 0.6 is 0 Å². The monoisotopic (exact) mass is 319 g/mol. The van der Waals surface area contributed by atoms with Crippen molar-refractivity contribution in [1.29, 1.82) is 0 Å². The quantitative estimate of drug-likeness (QED) is 0.812. The van der Waals surface area contributed by atoms with Crippen LogP contribution in [0.25, 0.3) is 0 Å². The van der Waals surface area contributed by atoms with Crippen LogP contribution < -0.4 is 0 Å². The predicted molar refractivity (Wildman–Crippen MR) is 73.6 cm³/mol. The Kier molecular flexibility index (Phi) is 3.18. The van der Waals surface area contributed by atoms with E-state index in [1.54, 1.807) is 58.9 Å². The second-order valence-electron chi connectivity index (χ2n) is 7.93. The van der Waals surface area contributed by atoms with E-state index in [4.69, 9.17) is 0 Å². The molecule has 0 radical (unpaired) electrons. The first kappa shape index (κ1) is 16.8. The van der Waals surface area contributed by atoms with Crippen molar-refractivity contribution >= 4 is 19.3 Å². The SMILES string of the molecule is C[Si](C)(C)[V](=[O])(=[O])([OH])([Si](C)(C)C)[Si](C)(C)C. The summed E-state index contributed by atoms with van der Waals surface area (Å²) >= 11 is 0. The molecule has 0 aliphatic heterocycles. The molecule has 0 fully saturated rings. The number of rotatable bonds is 3. The molecule has 7 heteroatoms. The van der Waals surface area contributed by atoms with E-state index in [2.05, 4.69) is 0 Å². The van der Waals surface area contributed by atoms with E-state index in [1.165, 1.54) is 0 Å². The van der Waals surface area contributed by atoms with Crippen LogP contribution in [0.2, 0.25) is 58.9 Å². The van der Waals surface area contributed by atoms with Gasteiger partial charge in [0.05, 0.1) is 0 Å². The summed E-state index contributed by atoms with van der Waals surface area (Å²) in [6.45, 7) is 16.2. The van der Waals surface area contributed by atoms with Gasteiger partial charge in [0.1, 0.15) is 0 Å². The number of hydrogen-bond acceptors (Lipinski definition) is 2. The molecule has 16 heavy (non-hydrogen) atoms. The standard InChI is InChI=1S/3C3H9Si.H2O.2O.V/c3*1-4(2)3;;;;/h3*1-3H3;1H2;;;/q;;;;;;+1/p-1. The van der Waals surface area contributed by atoms with E-state index in [0.717, 1.165) is 0 Å². The molecule has 0 aromatic heterocycles. The zero-order valence-electron chi connectivity index (χ0n) is 12.2. The molecule has 0 aromatic rings. The van der Waals surface area contributed by atoms with Gasteiger partial charge in [-0.05, 0) is 0 Å². The fraction of sp³-hybridized carbons (Fsp3) is 1.00. The van der Waals surface area contributed by atoms with Crippen LogP contribution in [0.5, 0.6) is 0 Å². The molecule has 0 rings (SSSR count). The van der Waals surface area contributed by atoms with Crippen LogP contribution in [0.1, 0.15) is 0 Å². The summed E-state index contributed by atoms with van der Waals surface area (Å²) in [4.78, 5) is 0. The zero-order chi connectivity index (χ0) is 13.9. The van der Waals surface area contributed by atoms with Crippen molar-refractivity contribution in [2.24, 2.45) is 0 Å². The van der Waals surface area contributed by atoms with Crippen LogP contribution in [0.15, 0.2) is 0 Å². The van der Waals surface area contributed by atoms with Gasteiger partial charge in [0.15, 0.2) is 0 Å². The Morgan fingerprint density at radius 2 is 0.750 bits per heavy atom. The van der Waals surface area contributed by atoms with Crippen LogP contribution in [0.4, 0.5) is 0 Å². The average Bonchev–Trinajstić information content (AvgIpc) is 1.76. The third-order valence-electron chi connectivity index (χ3n) is 4.56. The van der Waals surface area contributed by atoms with Crippen LogP contribution in [-0.2, 0) is 17.3 Å². The molecule has 0 bridgehead atoms. The van der Waals surface area contributed by atoms with E-state index in [-0.39, 0.29) is 0 Å². The predicted octanol–water partition coefficient (Wildman–Crippen LogP) is 3.31. The Labute approximate surface area is 99.4 Å². The van der Waals surface area contributed by atoms with Gasteiger partial charge in [-0.3, -0.25) is 0 Å². The molecule has 3 nitrogen and oxygen atoms in total. The van der Waals surface area contributed by atoms with Crippen LogP contribution in [0, 0.1) is 0 Å². The summed E-state index contributed by atoms with van der Waals surface area (Å²) < 4.78 is 38.6. The fourth-order valence-electron chi connectivity index (χ4n) is 3.02. The van der Waals surface area contributed by atoms with E-state index in [0.29, 0.717) is 0 Å². The summed E-state index contributed by atoms with van der Waals surface area (Å²) in [6.07, 6.45) is -8.06. The zero-order valence-corrected chi connectivity index (χ0v) is 16.6. The third-order valence-corrected chi connectivity index (χ3v) is 106. The van der Waals surface area contributed by atoms with Crippen molar-refractivity contribution in [3.63, 3.8) is 0 Å². The van der Waals surface area contributed by atoms with Gasteiger partial charge in [-0.1, -0.05) is 0 Å². The molecule has 99 valence electrons. The van der Waals surface area contributed by atoms with Gasteiger partial charge in [0.2, 0.25) is 0 Å². The van der Waals surface area contributed by atoms with Gasteiger partial charge in [-0.2, -0.15) is 0 Å². The summed E-state index contributed by atoms with van der Waals surface area (Å²) in [5.41, 5.74) is 0. The first-order valence-electron chi connectivity index (χ1n) is 5.74. The Hall–Kier alpha value is 0.795. The minimum atomic E-state index is -6.21. The Balaban J connectivity index is 6.96. The van der Waals surface area contributed by atoms with Gasteiger partial charge in [-0.25, -0.2) is 0 Å². The molecule has 0 aliphatic carbocycles. The maximum atomic E-state index is 13.7. The summed E-state index contributed by atoms with van der Waals surface area (Å²) in [6, 6.07) is 0. The van der Waals surface area contributed by atoms with Gasteiger partial charge >= 0.3 is 99.6 Å². The van der Waals surface area contributed by atoms with Crippen molar-refractivity contribution in [3.8, 4) is 0 Å². The van der Waals surface area contributed by atoms with Crippen molar-refractivity contribution in [2.45, 2.75) is 58.9 Å². The second kappa shape index (κ2) is 3.03. The van der Waals surface area contributed by atoms with E-state index in [1.807, 2.05) is 0 Å². The van der Waals surface area contributed by atoms with Gasteiger partial charge in [0.25, 0.3) is 0 Å². The first-order valence-corrected chi connectivity index (χ1v) is 24.1. The van der Waals surface area contributed by atoms with E-state index >= 15 is 0 Å². The summed E-state index contributed by atoms with van der Waals surface area (Å²) in [5, 5.41) is 0. The van der Waals surface area contributed by atoms with E-state index in [9.17, 15) is 11.4 Å². The Morgan fingerprint density at radius 3 is 0.750 bits per heavy atom. The van der Waals surface area contributed by atoms with Crippen molar-refractivity contribution in [2.75, 3.05) is 0 Å². The van der Waals surface area contributed by atoms with Crippen molar-refractivity contribution < 1.29 is 21.4 Å². The summed E-state index contributed by atoms with van der Waals surface area (Å²) in [7, 11) is -6.21. The normalized spacial score (nSPS) is 20.1. The molecule has 0 heterocycles. The maximum absolute atomic E-state index is 13.7. The van der Waals surface area contributed by atoms with Crippen LogP contribution in [0.3, 0.4) is 0 Å². The molecule has 0 spiro atoms. The molecule has 1 N–H and O–H groups in total. The van der Waals surface area contributed by atoms with Crippen molar-refractivity contribution in [1.82, 2.24) is 0 Å². The molecule has 0 saturated heterocycles. The molecular formula is C9H28O3Si3V. The molecule has 0 saturated carbocycles. The van der Waals surface area contributed by atoms with E-state index < -0.39 is 29.3 Å². The molecular weight excluding hydrogens is 291 g/mol. The minimum absolute atomic E-state index is 1.80. The van der Waals surface area contributed by atoms with Crippen molar-refractivity contribution in [3.05, 3.63) is 0 Å².